The van der Waals surface area contributed by atoms with E-state index in [4.69, 9.17) is 0 Å². The lowest BCUT2D eigenvalue weighted by Gasteiger charge is -2.43. The molecule has 3 rings (SSSR count). The van der Waals surface area contributed by atoms with E-state index in [9.17, 15) is 9.59 Å². The van der Waals surface area contributed by atoms with Crippen molar-refractivity contribution in [3.8, 4) is 0 Å². The number of carbonyl (C=O) groups excluding carboxylic acids is 2. The smallest absolute Gasteiger partial charge is 0.257 e. The number of aromatic nitrogens is 1. The van der Waals surface area contributed by atoms with E-state index in [0.29, 0.717) is 5.56 Å². The van der Waals surface area contributed by atoms with Gasteiger partial charge in [-0.2, -0.15) is 0 Å². The number of nitrogens with zero attached hydrogens (tertiary/aromatic N) is 3. The second kappa shape index (κ2) is 6.08. The molecule has 6 nitrogen and oxygen atoms in total. The van der Waals surface area contributed by atoms with Gasteiger partial charge >= 0.3 is 0 Å². The van der Waals surface area contributed by atoms with Crippen LogP contribution in [-0.2, 0) is 4.79 Å². The molecule has 1 aliphatic heterocycles. The molecule has 0 aliphatic carbocycles. The highest BCUT2D eigenvalue weighted by atomic mass is 16.2. The zero-order valence-corrected chi connectivity index (χ0v) is 13.1. The van der Waals surface area contributed by atoms with Crippen molar-refractivity contribution in [2.24, 2.45) is 0 Å². The van der Waals surface area contributed by atoms with Gasteiger partial charge in [0.05, 0.1) is 23.5 Å². The number of hydrogen-bond donors (Lipinski definition) is 1. The summed E-state index contributed by atoms with van der Waals surface area (Å²) in [5.74, 6) is -0.201. The Morgan fingerprint density at radius 3 is 2.65 bits per heavy atom. The highest BCUT2D eigenvalue weighted by Gasteiger charge is 2.37. The standard InChI is InChI=1S/C17H18N4O2/c1-18-15(22)11-21-14-9-4-3-7-12(14)17(23)20(2)16(21)13-8-5-6-10-19-13/h3-10,16H,11H2,1-2H3,(H,18,22). The van der Waals surface area contributed by atoms with Gasteiger partial charge in [-0.15, -0.1) is 0 Å². The van der Waals surface area contributed by atoms with Gasteiger partial charge in [0, 0.05) is 20.3 Å². The van der Waals surface area contributed by atoms with Gasteiger partial charge in [-0.3, -0.25) is 14.6 Å². The predicted molar refractivity (Wildman–Crippen MR) is 86.9 cm³/mol. The molecule has 1 aromatic carbocycles. The van der Waals surface area contributed by atoms with Crippen molar-refractivity contribution in [2.45, 2.75) is 6.17 Å². The second-order valence-electron chi connectivity index (χ2n) is 5.36. The van der Waals surface area contributed by atoms with Crippen LogP contribution < -0.4 is 10.2 Å². The van der Waals surface area contributed by atoms with Crippen LogP contribution in [0.1, 0.15) is 22.2 Å². The number of benzene rings is 1. The summed E-state index contributed by atoms with van der Waals surface area (Å²) < 4.78 is 0. The van der Waals surface area contributed by atoms with Crippen molar-refractivity contribution < 1.29 is 9.59 Å². The maximum atomic E-state index is 12.7. The van der Waals surface area contributed by atoms with E-state index >= 15 is 0 Å². The number of rotatable bonds is 3. The van der Waals surface area contributed by atoms with Crippen molar-refractivity contribution in [3.05, 3.63) is 59.9 Å². The molecule has 2 aromatic rings. The molecule has 23 heavy (non-hydrogen) atoms. The van der Waals surface area contributed by atoms with Gasteiger partial charge in [0.2, 0.25) is 5.91 Å². The Kier molecular flexibility index (Phi) is 3.97. The molecular weight excluding hydrogens is 292 g/mol. The van der Waals surface area contributed by atoms with E-state index in [1.54, 1.807) is 31.3 Å². The first-order valence-corrected chi connectivity index (χ1v) is 7.38. The second-order valence-corrected chi connectivity index (χ2v) is 5.36. The molecule has 1 unspecified atom stereocenters. The van der Waals surface area contributed by atoms with Crippen LogP contribution in [0.5, 0.6) is 0 Å². The molecule has 118 valence electrons. The van der Waals surface area contributed by atoms with Gasteiger partial charge in [-0.1, -0.05) is 18.2 Å². The van der Waals surface area contributed by atoms with Crippen LogP contribution in [0.3, 0.4) is 0 Å². The first-order valence-electron chi connectivity index (χ1n) is 7.38. The van der Waals surface area contributed by atoms with Gasteiger partial charge in [0.1, 0.15) is 6.17 Å². The zero-order chi connectivity index (χ0) is 16.4. The minimum absolute atomic E-state index is 0.0793. The van der Waals surface area contributed by atoms with Gasteiger partial charge in [0.25, 0.3) is 5.91 Å². The molecule has 1 atom stereocenters. The molecule has 0 fully saturated rings. The minimum Gasteiger partial charge on any atom is -0.358 e. The van der Waals surface area contributed by atoms with E-state index in [2.05, 4.69) is 10.3 Å². The number of hydrogen-bond acceptors (Lipinski definition) is 4. The van der Waals surface area contributed by atoms with Crippen LogP contribution in [0.15, 0.2) is 48.7 Å². The highest BCUT2D eigenvalue weighted by molar-refractivity contribution is 6.02. The number of amides is 2. The lowest BCUT2D eigenvalue weighted by Crippen LogP contribution is -2.50. The van der Waals surface area contributed by atoms with Crippen LogP contribution in [0, 0.1) is 0 Å². The largest absolute Gasteiger partial charge is 0.358 e. The number of pyridine rings is 1. The van der Waals surface area contributed by atoms with E-state index in [1.807, 2.05) is 41.3 Å². The average molecular weight is 310 g/mol. The summed E-state index contributed by atoms with van der Waals surface area (Å²) in [5.41, 5.74) is 2.06. The quantitative estimate of drug-likeness (QED) is 0.931. The summed E-state index contributed by atoms with van der Waals surface area (Å²) in [6.07, 6.45) is 1.27. The van der Waals surface area contributed by atoms with E-state index in [1.165, 1.54) is 0 Å². The molecule has 2 amide bonds. The van der Waals surface area contributed by atoms with Crippen molar-refractivity contribution in [3.63, 3.8) is 0 Å². The Bertz CT molecular complexity index is 732. The molecule has 0 bridgehead atoms. The van der Waals surface area contributed by atoms with Crippen LogP contribution in [-0.4, -0.2) is 42.3 Å². The first-order chi connectivity index (χ1) is 11.1. The normalized spacial score (nSPS) is 17.0. The number of para-hydroxylation sites is 1. The third kappa shape index (κ3) is 2.63. The highest BCUT2D eigenvalue weighted by Crippen LogP contribution is 2.36. The Labute approximate surface area is 134 Å². The molecule has 6 heteroatoms. The Morgan fingerprint density at radius 1 is 1.22 bits per heavy atom. The van der Waals surface area contributed by atoms with Crippen molar-refractivity contribution in [1.29, 1.82) is 0 Å². The Morgan fingerprint density at radius 2 is 1.96 bits per heavy atom. The van der Waals surface area contributed by atoms with Crippen LogP contribution in [0.2, 0.25) is 0 Å². The Hall–Kier alpha value is -2.89. The lowest BCUT2D eigenvalue weighted by atomic mass is 10.0. The van der Waals surface area contributed by atoms with Crippen molar-refractivity contribution in [2.75, 3.05) is 25.5 Å². The summed E-state index contributed by atoms with van der Waals surface area (Å²) in [5, 5.41) is 2.64. The Balaban J connectivity index is 2.12. The molecule has 1 aliphatic rings. The lowest BCUT2D eigenvalue weighted by molar-refractivity contribution is -0.119. The SMILES string of the molecule is CNC(=O)CN1c2ccccc2C(=O)N(C)C1c1ccccn1. The monoisotopic (exact) mass is 310 g/mol. The maximum Gasteiger partial charge on any atom is 0.257 e. The van der Waals surface area contributed by atoms with Crippen LogP contribution >= 0.6 is 0 Å². The summed E-state index contributed by atoms with van der Waals surface area (Å²) in [7, 11) is 3.33. The summed E-state index contributed by atoms with van der Waals surface area (Å²) in [6, 6.07) is 12.9. The molecule has 2 heterocycles. The number of nitrogens with one attached hydrogen (secondary N) is 1. The molecular formula is C17H18N4O2. The number of anilines is 1. The van der Waals surface area contributed by atoms with E-state index in [0.717, 1.165) is 11.4 Å². The molecule has 0 spiro atoms. The molecule has 1 N–H and O–H groups in total. The molecule has 1 aromatic heterocycles. The van der Waals surface area contributed by atoms with E-state index < -0.39 is 6.17 Å². The summed E-state index contributed by atoms with van der Waals surface area (Å²) in [4.78, 5) is 32.5. The van der Waals surface area contributed by atoms with Crippen LogP contribution in [0.25, 0.3) is 0 Å². The van der Waals surface area contributed by atoms with Gasteiger partial charge in [-0.25, -0.2) is 0 Å². The third-order valence-electron chi connectivity index (χ3n) is 3.97. The molecule has 0 radical (unpaired) electrons. The average Bonchev–Trinajstić information content (AvgIpc) is 2.60. The predicted octanol–water partition coefficient (Wildman–Crippen LogP) is 1.42. The fraction of sp³-hybridized carbons (Fsp3) is 0.235. The first kappa shape index (κ1) is 15.0. The fourth-order valence-electron chi connectivity index (χ4n) is 2.84. The third-order valence-corrected chi connectivity index (χ3v) is 3.97. The summed E-state index contributed by atoms with van der Waals surface area (Å²) >= 11 is 0. The van der Waals surface area contributed by atoms with Gasteiger partial charge < -0.3 is 15.1 Å². The summed E-state index contributed by atoms with van der Waals surface area (Å²) in [6.45, 7) is 0.145. The van der Waals surface area contributed by atoms with Crippen LogP contribution in [0.4, 0.5) is 5.69 Å². The molecule has 0 saturated heterocycles. The molecule has 0 saturated carbocycles. The van der Waals surface area contributed by atoms with Gasteiger partial charge in [-0.05, 0) is 24.3 Å². The van der Waals surface area contributed by atoms with E-state index in [-0.39, 0.29) is 18.4 Å². The zero-order valence-electron chi connectivity index (χ0n) is 13.1. The topological polar surface area (TPSA) is 65.5 Å². The van der Waals surface area contributed by atoms with Crippen molar-refractivity contribution in [1.82, 2.24) is 15.2 Å². The fourth-order valence-corrected chi connectivity index (χ4v) is 2.84. The number of likely N-dealkylation sites (N-methyl/N-ethyl adjacent to an activating group) is 1. The minimum atomic E-state index is -0.420. The maximum absolute atomic E-state index is 12.7. The number of fused-ring (bicyclic) bond motifs is 1. The number of carbonyl (C=O) groups is 2. The van der Waals surface area contributed by atoms with Gasteiger partial charge in [0.15, 0.2) is 0 Å². The van der Waals surface area contributed by atoms with Crippen molar-refractivity contribution >= 4 is 17.5 Å².